The van der Waals surface area contributed by atoms with Crippen LogP contribution in [0.1, 0.15) is 63.5 Å². The Bertz CT molecular complexity index is 478. The molecule has 0 aliphatic carbocycles. The highest BCUT2D eigenvalue weighted by Crippen LogP contribution is 2.30. The molecule has 1 aromatic carbocycles. The van der Waals surface area contributed by atoms with Crippen LogP contribution in [-0.2, 0) is 11.2 Å². The number of allylic oxidation sites excluding steroid dienone is 1. The van der Waals surface area contributed by atoms with Crippen LogP contribution in [0.15, 0.2) is 24.8 Å². The van der Waals surface area contributed by atoms with Crippen molar-refractivity contribution in [2.24, 2.45) is 0 Å². The van der Waals surface area contributed by atoms with E-state index in [2.05, 4.69) is 13.5 Å². The lowest BCUT2D eigenvalue weighted by Crippen LogP contribution is -1.93. The first kappa shape index (κ1) is 21.2. The van der Waals surface area contributed by atoms with E-state index in [1.807, 2.05) is 32.1 Å². The summed E-state index contributed by atoms with van der Waals surface area (Å²) in [6, 6.07) is 3.75. The zero-order chi connectivity index (χ0) is 17.7. The second kappa shape index (κ2) is 12.7. The van der Waals surface area contributed by atoms with Crippen LogP contribution in [0.3, 0.4) is 0 Å². The van der Waals surface area contributed by atoms with Gasteiger partial charge in [0.1, 0.15) is 5.78 Å². The summed E-state index contributed by atoms with van der Waals surface area (Å²) < 4.78 is 5.03. The summed E-state index contributed by atoms with van der Waals surface area (Å²) in [5.74, 6) is 1.16. The third-order valence-corrected chi connectivity index (χ3v) is 3.63. The number of Topliss-reactive ketones (excluding diaryl/α,β-unsaturated/α-hetero) is 1. The zero-order valence-corrected chi connectivity index (χ0v) is 15.2. The van der Waals surface area contributed by atoms with E-state index in [9.17, 15) is 9.90 Å². The van der Waals surface area contributed by atoms with E-state index in [4.69, 9.17) is 4.74 Å². The van der Waals surface area contributed by atoms with Gasteiger partial charge in [-0.25, -0.2) is 0 Å². The Kier molecular flexibility index (Phi) is 11.8. The standard InChI is InChI=1S/C11H14O2.C9H18O/c1-4-5-9-6-8(2)11(12)10(7-9)13-3;1-3-5-6-7-8-9(10)4-2/h4,6-7,12H,1,5H2,2-3H3;3-8H2,1-2H3. The van der Waals surface area contributed by atoms with Gasteiger partial charge in [0, 0.05) is 12.8 Å². The average Bonchev–Trinajstić information content (AvgIpc) is 2.55. The summed E-state index contributed by atoms with van der Waals surface area (Å²) in [5, 5.41) is 9.54. The number of rotatable bonds is 9. The molecular weight excluding hydrogens is 288 g/mol. The van der Waals surface area contributed by atoms with Crippen LogP contribution in [0.2, 0.25) is 0 Å². The molecule has 1 rings (SSSR count). The van der Waals surface area contributed by atoms with Gasteiger partial charge in [0.05, 0.1) is 7.11 Å². The third kappa shape index (κ3) is 9.07. The van der Waals surface area contributed by atoms with E-state index in [0.29, 0.717) is 18.0 Å². The van der Waals surface area contributed by atoms with E-state index in [0.717, 1.165) is 30.4 Å². The third-order valence-electron chi connectivity index (χ3n) is 3.63. The Morgan fingerprint density at radius 3 is 2.48 bits per heavy atom. The molecule has 0 aliphatic heterocycles. The molecule has 3 heteroatoms. The number of carbonyl (C=O) groups is 1. The van der Waals surface area contributed by atoms with Gasteiger partial charge in [-0.15, -0.1) is 6.58 Å². The second-order valence-electron chi connectivity index (χ2n) is 5.66. The van der Waals surface area contributed by atoms with E-state index >= 15 is 0 Å². The first-order chi connectivity index (χ1) is 11.0. The summed E-state index contributed by atoms with van der Waals surface area (Å²) in [6.45, 7) is 9.63. The quantitative estimate of drug-likeness (QED) is 0.491. The minimum atomic E-state index is 0.218. The van der Waals surface area contributed by atoms with Gasteiger partial charge in [0.2, 0.25) is 0 Å². The first-order valence-corrected chi connectivity index (χ1v) is 8.49. The lowest BCUT2D eigenvalue weighted by Gasteiger charge is -2.08. The zero-order valence-electron chi connectivity index (χ0n) is 15.2. The second-order valence-corrected chi connectivity index (χ2v) is 5.66. The predicted molar refractivity (Wildman–Crippen MR) is 97.4 cm³/mol. The molecule has 3 nitrogen and oxygen atoms in total. The number of unbranched alkanes of at least 4 members (excludes halogenated alkanes) is 3. The Labute approximate surface area is 141 Å². The number of ether oxygens (including phenoxy) is 1. The Balaban J connectivity index is 0.000000438. The number of ketones is 1. The van der Waals surface area contributed by atoms with Crippen molar-refractivity contribution in [1.82, 2.24) is 0 Å². The Morgan fingerprint density at radius 2 is 1.96 bits per heavy atom. The molecule has 0 unspecified atom stereocenters. The topological polar surface area (TPSA) is 46.5 Å². The number of phenols is 1. The lowest BCUT2D eigenvalue weighted by atomic mass is 10.1. The van der Waals surface area contributed by atoms with Crippen molar-refractivity contribution in [2.75, 3.05) is 7.11 Å². The van der Waals surface area contributed by atoms with E-state index < -0.39 is 0 Å². The van der Waals surface area contributed by atoms with Crippen LogP contribution in [0.25, 0.3) is 0 Å². The highest BCUT2D eigenvalue weighted by Gasteiger charge is 2.05. The molecular formula is C20H32O3. The van der Waals surface area contributed by atoms with Crippen molar-refractivity contribution in [3.63, 3.8) is 0 Å². The highest BCUT2D eigenvalue weighted by atomic mass is 16.5. The van der Waals surface area contributed by atoms with Crippen molar-refractivity contribution in [2.45, 2.75) is 65.7 Å². The maximum Gasteiger partial charge on any atom is 0.161 e. The summed E-state index contributed by atoms with van der Waals surface area (Å²) in [6.07, 6.45) is 8.98. The Hall–Kier alpha value is -1.77. The molecule has 130 valence electrons. The molecule has 23 heavy (non-hydrogen) atoms. The normalized spacial score (nSPS) is 9.74. The van der Waals surface area contributed by atoms with Crippen molar-refractivity contribution in [3.8, 4) is 11.5 Å². The van der Waals surface area contributed by atoms with E-state index in [1.54, 1.807) is 7.11 Å². The Morgan fingerprint density at radius 1 is 1.26 bits per heavy atom. The van der Waals surface area contributed by atoms with Crippen LogP contribution in [0.5, 0.6) is 11.5 Å². The van der Waals surface area contributed by atoms with E-state index in [-0.39, 0.29) is 5.75 Å². The molecule has 0 saturated carbocycles. The van der Waals surface area contributed by atoms with Gasteiger partial charge in [0.25, 0.3) is 0 Å². The van der Waals surface area contributed by atoms with Gasteiger partial charge >= 0.3 is 0 Å². The van der Waals surface area contributed by atoms with Gasteiger partial charge in [0.15, 0.2) is 11.5 Å². The molecule has 0 atom stereocenters. The predicted octanol–water partition coefficient (Wildman–Crippen LogP) is 5.37. The van der Waals surface area contributed by atoms with Crippen molar-refractivity contribution in [1.29, 1.82) is 0 Å². The number of methoxy groups -OCH3 is 1. The van der Waals surface area contributed by atoms with Crippen molar-refractivity contribution < 1.29 is 14.6 Å². The summed E-state index contributed by atoms with van der Waals surface area (Å²) >= 11 is 0. The summed E-state index contributed by atoms with van der Waals surface area (Å²) in [7, 11) is 1.55. The number of benzene rings is 1. The van der Waals surface area contributed by atoms with Crippen molar-refractivity contribution >= 4 is 5.78 Å². The van der Waals surface area contributed by atoms with E-state index in [1.165, 1.54) is 19.3 Å². The molecule has 0 aliphatic rings. The molecule has 1 aromatic rings. The maximum absolute atomic E-state index is 10.8. The summed E-state index contributed by atoms with van der Waals surface area (Å²) in [5.41, 5.74) is 1.93. The number of aromatic hydroxyl groups is 1. The molecule has 0 aromatic heterocycles. The monoisotopic (exact) mass is 320 g/mol. The number of carbonyl (C=O) groups excluding carboxylic acids is 1. The first-order valence-electron chi connectivity index (χ1n) is 8.49. The molecule has 0 spiro atoms. The number of phenolic OH excluding ortho intramolecular Hbond substituents is 1. The lowest BCUT2D eigenvalue weighted by molar-refractivity contribution is -0.118. The van der Waals surface area contributed by atoms with Crippen LogP contribution < -0.4 is 4.74 Å². The number of aryl methyl sites for hydroxylation is 1. The molecule has 0 radical (unpaired) electrons. The highest BCUT2D eigenvalue weighted by molar-refractivity contribution is 5.77. The molecule has 0 heterocycles. The van der Waals surface area contributed by atoms with Gasteiger partial charge in [-0.1, -0.05) is 45.3 Å². The average molecular weight is 320 g/mol. The fourth-order valence-corrected chi connectivity index (χ4v) is 2.19. The number of hydrogen-bond donors (Lipinski definition) is 1. The van der Waals surface area contributed by atoms with Gasteiger partial charge in [-0.3, -0.25) is 4.79 Å². The van der Waals surface area contributed by atoms with Gasteiger partial charge in [-0.2, -0.15) is 0 Å². The molecule has 0 fully saturated rings. The van der Waals surface area contributed by atoms with Crippen LogP contribution >= 0.6 is 0 Å². The summed E-state index contributed by atoms with van der Waals surface area (Å²) in [4.78, 5) is 10.8. The number of hydrogen-bond acceptors (Lipinski definition) is 3. The minimum absolute atomic E-state index is 0.218. The molecule has 1 N–H and O–H groups in total. The molecule has 0 saturated heterocycles. The fourth-order valence-electron chi connectivity index (χ4n) is 2.19. The van der Waals surface area contributed by atoms with Crippen LogP contribution in [0, 0.1) is 6.92 Å². The van der Waals surface area contributed by atoms with Gasteiger partial charge < -0.3 is 9.84 Å². The minimum Gasteiger partial charge on any atom is -0.504 e. The van der Waals surface area contributed by atoms with Gasteiger partial charge in [-0.05, 0) is 37.0 Å². The smallest absolute Gasteiger partial charge is 0.161 e. The van der Waals surface area contributed by atoms with Crippen LogP contribution in [0.4, 0.5) is 0 Å². The fraction of sp³-hybridized carbons (Fsp3) is 0.550. The SMILES string of the molecule is C=CCc1cc(C)c(O)c(OC)c1.CCCCCCC(=O)CC. The maximum atomic E-state index is 10.8. The molecule has 0 amide bonds. The van der Waals surface area contributed by atoms with Crippen molar-refractivity contribution in [3.05, 3.63) is 35.9 Å². The van der Waals surface area contributed by atoms with Crippen LogP contribution in [-0.4, -0.2) is 18.0 Å². The largest absolute Gasteiger partial charge is 0.504 e. The molecule has 0 bridgehead atoms.